The molecular weight excluding hydrogens is 415 g/mol. The number of thioether (sulfide) groups is 1. The quantitative estimate of drug-likeness (QED) is 0.589. The lowest BCUT2D eigenvalue weighted by atomic mass is 10.1. The number of nitrogens with one attached hydrogen (secondary N) is 1. The van der Waals surface area contributed by atoms with E-state index in [-0.39, 0.29) is 35.5 Å². The molecule has 162 valence electrons. The van der Waals surface area contributed by atoms with E-state index in [2.05, 4.69) is 15.5 Å². The van der Waals surface area contributed by atoms with Gasteiger partial charge in [0.15, 0.2) is 0 Å². The van der Waals surface area contributed by atoms with Crippen molar-refractivity contribution in [3.05, 3.63) is 54.3 Å². The second-order valence-electron chi connectivity index (χ2n) is 8.24. The smallest absolute Gasteiger partial charge is 0.240 e. The van der Waals surface area contributed by atoms with Gasteiger partial charge < -0.3 is 10.2 Å². The van der Waals surface area contributed by atoms with Crippen molar-refractivity contribution in [2.24, 2.45) is 0 Å². The van der Waals surface area contributed by atoms with Gasteiger partial charge in [0.25, 0.3) is 0 Å². The van der Waals surface area contributed by atoms with Crippen LogP contribution < -0.4 is 5.32 Å². The molecule has 0 aliphatic rings. The molecule has 6 nitrogen and oxygen atoms in total. The Hall–Kier alpha value is -3.00. The molecule has 0 fully saturated rings. The number of aromatic nitrogens is 2. The molecule has 1 heterocycles. The van der Waals surface area contributed by atoms with Crippen molar-refractivity contribution in [3.8, 4) is 11.3 Å². The molecule has 31 heavy (non-hydrogen) atoms. The fourth-order valence-electron chi connectivity index (χ4n) is 3.01. The predicted octanol–water partition coefficient (Wildman–Crippen LogP) is 3.90. The molecule has 3 rings (SSSR count). The normalized spacial score (nSPS) is 11.4. The van der Waals surface area contributed by atoms with Gasteiger partial charge in [-0.25, -0.2) is 4.39 Å². The Bertz CT molecular complexity index is 1100. The highest BCUT2D eigenvalue weighted by Gasteiger charge is 2.19. The number of nitrogens with zero attached hydrogens (tertiary/aromatic N) is 3. The topological polar surface area (TPSA) is 75.2 Å². The molecule has 2 amide bonds. The first-order valence-electron chi connectivity index (χ1n) is 9.83. The molecular formula is C23H25FN4O2S. The van der Waals surface area contributed by atoms with Crippen LogP contribution in [0.2, 0.25) is 0 Å². The summed E-state index contributed by atoms with van der Waals surface area (Å²) in [6.07, 6.45) is 0. The molecule has 0 bridgehead atoms. The number of carbonyl (C=O) groups excluding carboxylic acids is 2. The van der Waals surface area contributed by atoms with Crippen molar-refractivity contribution in [2.45, 2.75) is 31.3 Å². The van der Waals surface area contributed by atoms with E-state index in [1.165, 1.54) is 28.8 Å². The lowest BCUT2D eigenvalue weighted by molar-refractivity contribution is -0.133. The highest BCUT2D eigenvalue weighted by Crippen LogP contribution is 2.31. The van der Waals surface area contributed by atoms with Gasteiger partial charge in [-0.1, -0.05) is 36.0 Å². The van der Waals surface area contributed by atoms with Crippen LogP contribution in [0.3, 0.4) is 0 Å². The van der Waals surface area contributed by atoms with Crippen molar-refractivity contribution in [2.75, 3.05) is 19.3 Å². The van der Waals surface area contributed by atoms with Gasteiger partial charge in [0.05, 0.1) is 12.3 Å². The summed E-state index contributed by atoms with van der Waals surface area (Å²) in [5.74, 6) is -0.565. The van der Waals surface area contributed by atoms with Gasteiger partial charge in [-0.05, 0) is 45.0 Å². The maximum atomic E-state index is 13.3. The third-order valence-corrected chi connectivity index (χ3v) is 5.39. The lowest BCUT2D eigenvalue weighted by Gasteiger charge is -2.23. The summed E-state index contributed by atoms with van der Waals surface area (Å²) in [5.41, 5.74) is 1.07. The molecule has 3 aromatic rings. The van der Waals surface area contributed by atoms with E-state index in [4.69, 9.17) is 0 Å². The van der Waals surface area contributed by atoms with Gasteiger partial charge in [-0.15, -0.1) is 10.2 Å². The van der Waals surface area contributed by atoms with Gasteiger partial charge in [-0.2, -0.15) is 0 Å². The number of carbonyl (C=O) groups is 2. The third kappa shape index (κ3) is 6.01. The molecule has 1 aromatic heterocycles. The first kappa shape index (κ1) is 22.7. The molecule has 0 aliphatic heterocycles. The van der Waals surface area contributed by atoms with Gasteiger partial charge in [0.1, 0.15) is 16.5 Å². The van der Waals surface area contributed by atoms with Gasteiger partial charge >= 0.3 is 0 Å². The van der Waals surface area contributed by atoms with Crippen LogP contribution in [0.25, 0.3) is 22.0 Å². The maximum absolute atomic E-state index is 13.3. The van der Waals surface area contributed by atoms with Crippen LogP contribution in [0.4, 0.5) is 4.39 Å². The number of benzene rings is 2. The fourth-order valence-corrected chi connectivity index (χ4v) is 3.92. The van der Waals surface area contributed by atoms with Crippen LogP contribution in [0.5, 0.6) is 0 Å². The van der Waals surface area contributed by atoms with E-state index >= 15 is 0 Å². The summed E-state index contributed by atoms with van der Waals surface area (Å²) in [5, 5.41) is 13.9. The van der Waals surface area contributed by atoms with Gasteiger partial charge in [-0.3, -0.25) is 9.59 Å². The van der Waals surface area contributed by atoms with E-state index in [0.717, 1.165) is 16.3 Å². The van der Waals surface area contributed by atoms with Crippen molar-refractivity contribution < 1.29 is 14.0 Å². The molecule has 1 N–H and O–H groups in total. The molecule has 0 saturated carbocycles. The number of likely N-dealkylation sites (N-methyl/N-ethyl adjacent to an activating group) is 1. The Kier molecular flexibility index (Phi) is 6.90. The number of hydrogen-bond acceptors (Lipinski definition) is 5. The Morgan fingerprint density at radius 1 is 1.03 bits per heavy atom. The van der Waals surface area contributed by atoms with Crippen LogP contribution in [-0.2, 0) is 9.59 Å². The van der Waals surface area contributed by atoms with Crippen molar-refractivity contribution in [1.29, 1.82) is 0 Å². The molecule has 0 aliphatic carbocycles. The predicted molar refractivity (Wildman–Crippen MR) is 121 cm³/mol. The minimum absolute atomic E-state index is 0.00735. The highest BCUT2D eigenvalue weighted by atomic mass is 32.2. The molecule has 0 saturated heterocycles. The van der Waals surface area contributed by atoms with E-state index in [0.29, 0.717) is 10.7 Å². The monoisotopic (exact) mass is 440 g/mol. The molecule has 0 unspecified atom stereocenters. The first-order valence-corrected chi connectivity index (χ1v) is 10.8. The molecule has 0 spiro atoms. The first-order chi connectivity index (χ1) is 14.6. The molecule has 8 heteroatoms. The summed E-state index contributed by atoms with van der Waals surface area (Å²) >= 11 is 1.28. The Labute approximate surface area is 185 Å². The molecule has 0 atom stereocenters. The minimum atomic E-state index is -0.351. The lowest BCUT2D eigenvalue weighted by Crippen LogP contribution is -2.46. The average molecular weight is 441 g/mol. The van der Waals surface area contributed by atoms with E-state index in [1.54, 1.807) is 19.2 Å². The van der Waals surface area contributed by atoms with Gasteiger partial charge in [0.2, 0.25) is 11.8 Å². The van der Waals surface area contributed by atoms with Crippen LogP contribution in [0.1, 0.15) is 20.8 Å². The number of hydrogen-bond donors (Lipinski definition) is 1. The number of amides is 2. The molecule has 2 aromatic carbocycles. The van der Waals surface area contributed by atoms with Crippen LogP contribution >= 0.6 is 11.8 Å². The van der Waals surface area contributed by atoms with E-state index < -0.39 is 0 Å². The Balaban J connectivity index is 1.74. The van der Waals surface area contributed by atoms with E-state index in [1.807, 2.05) is 45.0 Å². The number of halogens is 1. The standard InChI is InChI=1S/C23H25FN4O2S/c1-23(2,3)25-19(29)13-28(4)20(30)14-31-22-18-8-6-5-7-17(18)21(26-27-22)15-9-11-16(24)12-10-15/h5-12H,13-14H2,1-4H3,(H,25,29). The zero-order chi connectivity index (χ0) is 22.6. The Morgan fingerprint density at radius 3 is 2.32 bits per heavy atom. The van der Waals surface area contributed by atoms with Gasteiger partial charge in [0, 0.05) is 28.9 Å². The van der Waals surface area contributed by atoms with Crippen LogP contribution in [0, 0.1) is 5.82 Å². The largest absolute Gasteiger partial charge is 0.350 e. The summed E-state index contributed by atoms with van der Waals surface area (Å²) in [6.45, 7) is 5.67. The fraction of sp³-hybridized carbons (Fsp3) is 0.304. The molecule has 0 radical (unpaired) electrons. The summed E-state index contributed by atoms with van der Waals surface area (Å²) in [7, 11) is 1.60. The third-order valence-electron chi connectivity index (χ3n) is 4.42. The summed E-state index contributed by atoms with van der Waals surface area (Å²) < 4.78 is 13.3. The van der Waals surface area contributed by atoms with Crippen molar-refractivity contribution >= 4 is 34.3 Å². The second kappa shape index (κ2) is 9.43. The Morgan fingerprint density at radius 2 is 1.68 bits per heavy atom. The minimum Gasteiger partial charge on any atom is -0.350 e. The SMILES string of the molecule is CN(CC(=O)NC(C)(C)C)C(=O)CSc1nnc(-c2ccc(F)cc2)c2ccccc12. The van der Waals surface area contributed by atoms with Crippen LogP contribution in [-0.4, -0.2) is 51.8 Å². The summed E-state index contributed by atoms with van der Waals surface area (Å²) in [4.78, 5) is 26.0. The average Bonchev–Trinajstić information content (AvgIpc) is 2.71. The second-order valence-corrected chi connectivity index (χ2v) is 9.21. The zero-order valence-electron chi connectivity index (χ0n) is 18.0. The van der Waals surface area contributed by atoms with Crippen molar-refractivity contribution in [1.82, 2.24) is 20.4 Å². The van der Waals surface area contributed by atoms with E-state index in [9.17, 15) is 14.0 Å². The zero-order valence-corrected chi connectivity index (χ0v) is 18.8. The highest BCUT2D eigenvalue weighted by molar-refractivity contribution is 8.00. The summed E-state index contributed by atoms with van der Waals surface area (Å²) in [6, 6.07) is 13.8. The maximum Gasteiger partial charge on any atom is 0.240 e. The number of rotatable bonds is 6. The van der Waals surface area contributed by atoms with Crippen molar-refractivity contribution in [3.63, 3.8) is 0 Å². The number of fused-ring (bicyclic) bond motifs is 1. The van der Waals surface area contributed by atoms with Crippen LogP contribution in [0.15, 0.2) is 53.6 Å².